The van der Waals surface area contributed by atoms with Gasteiger partial charge in [0.1, 0.15) is 13.2 Å². The molecule has 0 radical (unpaired) electrons. The molecule has 0 saturated carbocycles. The summed E-state index contributed by atoms with van der Waals surface area (Å²) in [4.78, 5) is 11.0. The van der Waals surface area contributed by atoms with E-state index in [1.807, 2.05) is 6.07 Å². The molecule has 0 bridgehead atoms. The van der Waals surface area contributed by atoms with Crippen molar-refractivity contribution in [3.05, 3.63) is 0 Å². The molecule has 5 heteroatoms. The van der Waals surface area contributed by atoms with Crippen molar-refractivity contribution in [2.45, 2.75) is 18.9 Å². The number of carbonyl (C=O) groups is 1. The number of carbonyl (C=O) groups excluding carboxylic acids is 1. The van der Waals surface area contributed by atoms with Crippen molar-refractivity contribution in [1.82, 2.24) is 10.6 Å². The first-order valence-electron chi connectivity index (χ1n) is 4.79. The average Bonchev–Trinajstić information content (AvgIpc) is 2.25. The van der Waals surface area contributed by atoms with Crippen LogP contribution in [0.15, 0.2) is 0 Å². The zero-order chi connectivity index (χ0) is 10.2. The second-order valence-electron chi connectivity index (χ2n) is 3.21. The van der Waals surface area contributed by atoms with Crippen LogP contribution in [0.1, 0.15) is 12.8 Å². The monoisotopic (exact) mass is 197 g/mol. The van der Waals surface area contributed by atoms with E-state index < -0.39 is 0 Å². The molecule has 0 unspecified atom stereocenters. The van der Waals surface area contributed by atoms with Gasteiger partial charge in [-0.05, 0) is 19.4 Å². The molecule has 1 aliphatic rings. The molecular formula is C9H15N3O2. The molecule has 0 aromatic heterocycles. The van der Waals surface area contributed by atoms with E-state index in [4.69, 9.17) is 10.00 Å². The lowest BCUT2D eigenvalue weighted by atomic mass is 10.1. The smallest absolute Gasteiger partial charge is 0.246 e. The van der Waals surface area contributed by atoms with Crippen LogP contribution in [0.3, 0.4) is 0 Å². The third-order valence-electron chi connectivity index (χ3n) is 2.07. The van der Waals surface area contributed by atoms with Crippen LogP contribution < -0.4 is 10.6 Å². The van der Waals surface area contributed by atoms with Gasteiger partial charge in [0, 0.05) is 6.54 Å². The van der Waals surface area contributed by atoms with Gasteiger partial charge in [0.2, 0.25) is 5.91 Å². The summed E-state index contributed by atoms with van der Waals surface area (Å²) < 4.78 is 5.36. The van der Waals surface area contributed by atoms with Crippen LogP contribution in [-0.4, -0.2) is 38.3 Å². The summed E-state index contributed by atoms with van der Waals surface area (Å²) in [7, 11) is 0. The molecule has 0 spiro atoms. The van der Waals surface area contributed by atoms with E-state index >= 15 is 0 Å². The Hall–Kier alpha value is -1.12. The minimum Gasteiger partial charge on any atom is -0.367 e. The molecule has 0 aromatic carbocycles. The molecule has 14 heavy (non-hydrogen) atoms. The van der Waals surface area contributed by atoms with Crippen LogP contribution >= 0.6 is 0 Å². The number of hydrogen-bond donors (Lipinski definition) is 2. The molecule has 2 N–H and O–H groups in total. The van der Waals surface area contributed by atoms with Gasteiger partial charge in [-0.3, -0.25) is 4.79 Å². The Morgan fingerprint density at radius 3 is 3.21 bits per heavy atom. The molecule has 1 rings (SSSR count). The minimum absolute atomic E-state index is 0.0467. The fourth-order valence-electron chi connectivity index (χ4n) is 1.34. The van der Waals surface area contributed by atoms with Crippen molar-refractivity contribution in [3.63, 3.8) is 0 Å². The minimum atomic E-state index is -0.225. The van der Waals surface area contributed by atoms with Crippen LogP contribution in [0.4, 0.5) is 0 Å². The second-order valence-corrected chi connectivity index (χ2v) is 3.21. The van der Waals surface area contributed by atoms with E-state index in [1.165, 1.54) is 0 Å². The highest BCUT2D eigenvalue weighted by atomic mass is 16.5. The molecule has 5 nitrogen and oxygen atoms in total. The van der Waals surface area contributed by atoms with E-state index in [0.29, 0.717) is 0 Å². The molecule has 1 saturated heterocycles. The van der Waals surface area contributed by atoms with E-state index in [2.05, 4.69) is 10.6 Å². The summed E-state index contributed by atoms with van der Waals surface area (Å²) in [6, 6.07) is 1.84. The second kappa shape index (κ2) is 6.35. The molecule has 1 atom stereocenters. The van der Waals surface area contributed by atoms with Gasteiger partial charge in [-0.1, -0.05) is 0 Å². The van der Waals surface area contributed by atoms with Crippen molar-refractivity contribution >= 4 is 5.91 Å². The summed E-state index contributed by atoms with van der Waals surface area (Å²) in [5.74, 6) is -0.225. The highest BCUT2D eigenvalue weighted by molar-refractivity contribution is 5.77. The van der Waals surface area contributed by atoms with Gasteiger partial charge >= 0.3 is 0 Å². The van der Waals surface area contributed by atoms with Gasteiger partial charge in [0.15, 0.2) is 0 Å². The van der Waals surface area contributed by atoms with Crippen molar-refractivity contribution in [2.24, 2.45) is 0 Å². The van der Waals surface area contributed by atoms with Crippen molar-refractivity contribution in [2.75, 3.05) is 26.2 Å². The van der Waals surface area contributed by atoms with E-state index in [-0.39, 0.29) is 25.2 Å². The number of nitrogens with zero attached hydrogens (tertiary/aromatic N) is 1. The summed E-state index contributed by atoms with van der Waals surface area (Å²) in [5.41, 5.74) is 0. The zero-order valence-corrected chi connectivity index (χ0v) is 8.08. The molecule has 1 amide bonds. The lowest BCUT2D eigenvalue weighted by Crippen LogP contribution is -2.38. The predicted octanol–water partition coefficient (Wildman–Crippen LogP) is -0.605. The van der Waals surface area contributed by atoms with Gasteiger partial charge in [0.05, 0.1) is 12.2 Å². The number of hydrogen-bond acceptors (Lipinski definition) is 4. The summed E-state index contributed by atoms with van der Waals surface area (Å²) in [6.07, 6.45) is 2.22. The Labute approximate surface area is 83.4 Å². The Bertz CT molecular complexity index is 219. The molecular weight excluding hydrogens is 182 g/mol. The highest BCUT2D eigenvalue weighted by Crippen LogP contribution is 2.05. The van der Waals surface area contributed by atoms with Crippen LogP contribution in [0.5, 0.6) is 0 Å². The zero-order valence-electron chi connectivity index (χ0n) is 8.08. The van der Waals surface area contributed by atoms with E-state index in [9.17, 15) is 4.79 Å². The predicted molar refractivity (Wildman–Crippen MR) is 50.5 cm³/mol. The first kappa shape index (κ1) is 11.0. The lowest BCUT2D eigenvalue weighted by molar-refractivity contribution is -0.127. The fourth-order valence-corrected chi connectivity index (χ4v) is 1.34. The number of piperidine rings is 1. The quantitative estimate of drug-likeness (QED) is 0.590. The lowest BCUT2D eigenvalue weighted by Gasteiger charge is -2.22. The normalized spacial score (nSPS) is 21.2. The van der Waals surface area contributed by atoms with Gasteiger partial charge in [-0.25, -0.2) is 0 Å². The van der Waals surface area contributed by atoms with Gasteiger partial charge in [-0.2, -0.15) is 5.26 Å². The Morgan fingerprint density at radius 2 is 2.57 bits per heavy atom. The highest BCUT2D eigenvalue weighted by Gasteiger charge is 2.14. The van der Waals surface area contributed by atoms with Gasteiger partial charge < -0.3 is 15.4 Å². The topological polar surface area (TPSA) is 74.2 Å². The van der Waals surface area contributed by atoms with Crippen LogP contribution in [0, 0.1) is 11.3 Å². The molecule has 1 fully saturated rings. The SMILES string of the molecule is N#CCNC(=O)CO[C@H]1CCCNC1. The number of nitriles is 1. The number of ether oxygens (including phenoxy) is 1. The van der Waals surface area contributed by atoms with Crippen LogP contribution in [0.2, 0.25) is 0 Å². The Morgan fingerprint density at radius 1 is 1.71 bits per heavy atom. The number of rotatable bonds is 4. The Balaban J connectivity index is 2.07. The fraction of sp³-hybridized carbons (Fsp3) is 0.778. The van der Waals surface area contributed by atoms with Crippen molar-refractivity contribution in [3.8, 4) is 6.07 Å². The third-order valence-corrected chi connectivity index (χ3v) is 2.07. The van der Waals surface area contributed by atoms with Gasteiger partial charge in [-0.15, -0.1) is 0 Å². The molecule has 0 aromatic rings. The maximum Gasteiger partial charge on any atom is 0.246 e. The van der Waals surface area contributed by atoms with E-state index in [0.717, 1.165) is 25.9 Å². The maximum atomic E-state index is 11.0. The number of nitrogens with one attached hydrogen (secondary N) is 2. The van der Waals surface area contributed by atoms with Crippen molar-refractivity contribution < 1.29 is 9.53 Å². The first-order chi connectivity index (χ1) is 6.83. The average molecular weight is 197 g/mol. The molecule has 1 heterocycles. The summed E-state index contributed by atoms with van der Waals surface area (Å²) in [5, 5.41) is 13.8. The van der Waals surface area contributed by atoms with Crippen LogP contribution in [-0.2, 0) is 9.53 Å². The van der Waals surface area contributed by atoms with Crippen LogP contribution in [0.25, 0.3) is 0 Å². The van der Waals surface area contributed by atoms with E-state index in [1.54, 1.807) is 0 Å². The summed E-state index contributed by atoms with van der Waals surface area (Å²) in [6.45, 7) is 1.94. The third kappa shape index (κ3) is 4.21. The van der Waals surface area contributed by atoms with Crippen molar-refractivity contribution in [1.29, 1.82) is 5.26 Å². The number of amides is 1. The molecule has 0 aliphatic carbocycles. The maximum absolute atomic E-state index is 11.0. The standard InChI is InChI=1S/C9H15N3O2/c10-3-5-12-9(13)7-14-8-2-1-4-11-6-8/h8,11H,1-2,4-7H2,(H,12,13)/t8-/m0/s1. The summed E-state index contributed by atoms with van der Waals surface area (Å²) >= 11 is 0. The Kier molecular flexibility index (Phi) is 4.97. The molecule has 1 aliphatic heterocycles. The molecule has 78 valence electrons. The largest absolute Gasteiger partial charge is 0.367 e. The van der Waals surface area contributed by atoms with Gasteiger partial charge in [0.25, 0.3) is 0 Å². The first-order valence-corrected chi connectivity index (χ1v) is 4.79.